The van der Waals surface area contributed by atoms with E-state index >= 15 is 0 Å². The summed E-state index contributed by atoms with van der Waals surface area (Å²) in [5.41, 5.74) is -5.19. The van der Waals surface area contributed by atoms with Crippen molar-refractivity contribution in [3.05, 3.63) is 72.5 Å². The highest BCUT2D eigenvalue weighted by Gasteiger charge is 2.33. The Hall–Kier alpha value is -3.12. The zero-order valence-electron chi connectivity index (χ0n) is 11.7. The van der Waals surface area contributed by atoms with Gasteiger partial charge in [0.15, 0.2) is 5.43 Å². The molecule has 0 atom stereocenters. The summed E-state index contributed by atoms with van der Waals surface area (Å²) >= 11 is 0. The van der Waals surface area contributed by atoms with E-state index in [1.807, 2.05) is 4.98 Å². The zero-order valence-corrected chi connectivity index (χ0v) is 11.7. The van der Waals surface area contributed by atoms with Crippen molar-refractivity contribution in [1.29, 1.82) is 0 Å². The molecular weight excluding hydrogens is 364 g/mol. The van der Waals surface area contributed by atoms with Gasteiger partial charge in [0.1, 0.15) is 11.4 Å². The largest absolute Gasteiger partial charge is 0.431 e. The van der Waals surface area contributed by atoms with Crippen LogP contribution in [0.3, 0.4) is 0 Å². The predicted octanol–water partition coefficient (Wildman–Crippen LogP) is 2.70. The number of nitrogens with zero attached hydrogens (tertiary/aromatic N) is 1. The first kappa shape index (κ1) is 19.9. The summed E-state index contributed by atoms with van der Waals surface area (Å²) in [4.78, 5) is 33.8. The number of pyridine rings is 2. The van der Waals surface area contributed by atoms with Crippen LogP contribution in [-0.2, 0) is 12.4 Å². The van der Waals surface area contributed by atoms with Gasteiger partial charge in [-0.1, -0.05) is 0 Å². The zero-order chi connectivity index (χ0) is 19.4. The van der Waals surface area contributed by atoms with Gasteiger partial charge in [-0.15, -0.1) is 0 Å². The lowest BCUT2D eigenvalue weighted by atomic mass is 10.3. The van der Waals surface area contributed by atoms with Gasteiger partial charge in [0.2, 0.25) is 0 Å². The third-order valence-corrected chi connectivity index (χ3v) is 2.47. The molecule has 136 valence electrons. The second-order valence-corrected chi connectivity index (χ2v) is 4.29. The van der Waals surface area contributed by atoms with Crippen LogP contribution >= 0.6 is 0 Å². The Morgan fingerprint density at radius 2 is 1.44 bits per heavy atom. The van der Waals surface area contributed by atoms with Gasteiger partial charge in [-0.05, 0) is 0 Å². The topological polar surface area (TPSA) is 109 Å². The monoisotopic (exact) mass is 371 g/mol. The number of aromatic amines is 2. The van der Waals surface area contributed by atoms with E-state index in [9.17, 15) is 46.0 Å². The fourth-order valence-corrected chi connectivity index (χ4v) is 1.38. The number of hydrogen-bond donors (Lipinski definition) is 2. The lowest BCUT2D eigenvalue weighted by Crippen LogP contribution is -2.15. The van der Waals surface area contributed by atoms with Crippen molar-refractivity contribution in [2.75, 3.05) is 0 Å². The molecule has 0 saturated heterocycles. The minimum absolute atomic E-state index is 0.151. The van der Waals surface area contributed by atoms with Gasteiger partial charge in [0.25, 0.3) is 5.43 Å². The van der Waals surface area contributed by atoms with E-state index in [0.29, 0.717) is 12.3 Å². The van der Waals surface area contributed by atoms with E-state index in [4.69, 9.17) is 0 Å². The van der Waals surface area contributed by atoms with E-state index in [1.54, 1.807) is 4.98 Å². The van der Waals surface area contributed by atoms with Crippen LogP contribution in [0, 0.1) is 10.1 Å². The van der Waals surface area contributed by atoms with Crippen LogP contribution in [0.5, 0.6) is 0 Å². The second-order valence-electron chi connectivity index (χ2n) is 4.29. The fraction of sp³-hybridized carbons (Fsp3) is 0.167. The molecule has 2 aromatic heterocycles. The van der Waals surface area contributed by atoms with Gasteiger partial charge in [0.05, 0.1) is 11.1 Å². The summed E-state index contributed by atoms with van der Waals surface area (Å²) in [5.74, 6) is 0. The van der Waals surface area contributed by atoms with Gasteiger partial charge in [-0.25, -0.2) is 0 Å². The van der Waals surface area contributed by atoms with Crippen LogP contribution < -0.4 is 10.9 Å². The predicted molar refractivity (Wildman–Crippen MR) is 70.8 cm³/mol. The Kier molecular flexibility index (Phi) is 5.73. The quantitative estimate of drug-likeness (QED) is 0.456. The molecule has 2 rings (SSSR count). The number of aromatic nitrogens is 2. The van der Waals surface area contributed by atoms with E-state index in [1.165, 1.54) is 0 Å². The SMILES string of the molecule is O=c1cc(C(F)(F)F)[nH]cc1[N+](=O)[O-].O=c1cc[nH]c(C(F)(F)F)c1. The van der Waals surface area contributed by atoms with Gasteiger partial charge in [0, 0.05) is 24.4 Å². The number of alkyl halides is 6. The fourth-order valence-electron chi connectivity index (χ4n) is 1.38. The van der Waals surface area contributed by atoms with Crippen LogP contribution in [0.2, 0.25) is 0 Å². The summed E-state index contributed by atoms with van der Waals surface area (Å²) < 4.78 is 71.3. The number of rotatable bonds is 1. The number of halogens is 6. The first-order valence-corrected chi connectivity index (χ1v) is 6.02. The molecule has 2 heterocycles. The average molecular weight is 371 g/mol. The summed E-state index contributed by atoms with van der Waals surface area (Å²) in [5, 5.41) is 10.1. The van der Waals surface area contributed by atoms with Crippen molar-refractivity contribution >= 4 is 5.69 Å². The first-order chi connectivity index (χ1) is 11.3. The van der Waals surface area contributed by atoms with Crippen LogP contribution in [0.4, 0.5) is 32.0 Å². The molecule has 0 aromatic carbocycles. The molecule has 2 N–H and O–H groups in total. The smallest absolute Gasteiger partial charge is 0.357 e. The number of nitrogens with one attached hydrogen (secondary N) is 2. The highest BCUT2D eigenvalue weighted by Crippen LogP contribution is 2.27. The van der Waals surface area contributed by atoms with Crippen LogP contribution in [0.15, 0.2) is 40.2 Å². The molecule has 2 aromatic rings. The first-order valence-electron chi connectivity index (χ1n) is 6.02. The number of hydrogen-bond acceptors (Lipinski definition) is 4. The summed E-state index contributed by atoms with van der Waals surface area (Å²) in [7, 11) is 0. The van der Waals surface area contributed by atoms with Crippen molar-refractivity contribution in [3.8, 4) is 0 Å². The Morgan fingerprint density at radius 1 is 0.920 bits per heavy atom. The molecule has 0 saturated carbocycles. The Bertz CT molecular complexity index is 868. The molecule has 0 unspecified atom stereocenters. The van der Waals surface area contributed by atoms with E-state index < -0.39 is 45.2 Å². The third kappa shape index (κ3) is 5.78. The second kappa shape index (κ2) is 7.19. The Labute approximate surface area is 133 Å². The highest BCUT2D eigenvalue weighted by molar-refractivity contribution is 5.27. The van der Waals surface area contributed by atoms with Crippen molar-refractivity contribution in [3.63, 3.8) is 0 Å². The van der Waals surface area contributed by atoms with Crippen LogP contribution in [0.1, 0.15) is 11.4 Å². The van der Waals surface area contributed by atoms with Crippen molar-refractivity contribution in [2.24, 2.45) is 0 Å². The molecule has 0 amide bonds. The molecule has 0 fully saturated rings. The molecule has 7 nitrogen and oxygen atoms in total. The van der Waals surface area contributed by atoms with E-state index in [0.717, 1.165) is 12.3 Å². The molecular formula is C12H7F6N3O4. The van der Waals surface area contributed by atoms with Crippen LogP contribution in [0.25, 0.3) is 0 Å². The van der Waals surface area contributed by atoms with Gasteiger partial charge in [-0.2, -0.15) is 26.3 Å². The molecule has 13 heteroatoms. The maximum atomic E-state index is 12.0. The third-order valence-electron chi connectivity index (χ3n) is 2.47. The summed E-state index contributed by atoms with van der Waals surface area (Å²) in [6.45, 7) is 0. The molecule has 0 bridgehead atoms. The molecule has 0 radical (unpaired) electrons. The maximum absolute atomic E-state index is 12.0. The molecule has 0 aliphatic rings. The van der Waals surface area contributed by atoms with Crippen molar-refractivity contribution in [2.45, 2.75) is 12.4 Å². The average Bonchev–Trinajstić information content (AvgIpc) is 2.45. The van der Waals surface area contributed by atoms with Gasteiger partial charge < -0.3 is 9.97 Å². The minimum Gasteiger partial charge on any atom is -0.357 e. The van der Waals surface area contributed by atoms with Crippen LogP contribution in [-0.4, -0.2) is 14.9 Å². The molecule has 0 aliphatic carbocycles. The molecule has 25 heavy (non-hydrogen) atoms. The summed E-state index contributed by atoms with van der Waals surface area (Å²) in [6, 6.07) is 1.69. The Balaban J connectivity index is 0.000000257. The minimum atomic E-state index is -4.71. The van der Waals surface area contributed by atoms with Gasteiger partial charge >= 0.3 is 18.0 Å². The normalized spacial score (nSPS) is 11.4. The highest BCUT2D eigenvalue weighted by atomic mass is 19.4. The standard InChI is InChI=1S/C6H3F3N2O3.C6H4F3NO/c7-6(8,9)5-1-4(12)3(2-10-5)11(13)14;7-6(8,9)5-3-4(11)1-2-10-5/h1-2H,(H,10,12);1-3H,(H,10,11). The van der Waals surface area contributed by atoms with E-state index in [-0.39, 0.29) is 6.07 Å². The molecule has 0 spiro atoms. The van der Waals surface area contributed by atoms with E-state index in [2.05, 4.69) is 0 Å². The lowest BCUT2D eigenvalue weighted by molar-refractivity contribution is -0.386. The van der Waals surface area contributed by atoms with Gasteiger partial charge in [-0.3, -0.25) is 19.7 Å². The molecule has 0 aliphatic heterocycles. The lowest BCUT2D eigenvalue weighted by Gasteiger charge is -2.04. The number of nitro groups is 1. The Morgan fingerprint density at radius 3 is 1.80 bits per heavy atom. The maximum Gasteiger partial charge on any atom is 0.431 e. The number of H-pyrrole nitrogens is 2. The summed E-state index contributed by atoms with van der Waals surface area (Å²) in [6.07, 6.45) is -7.80. The van der Waals surface area contributed by atoms with Crippen molar-refractivity contribution < 1.29 is 31.3 Å². The van der Waals surface area contributed by atoms with Crippen molar-refractivity contribution in [1.82, 2.24) is 9.97 Å².